The minimum absolute atomic E-state index is 0.352. The molecule has 2 heteroatoms. The quantitative estimate of drug-likeness (QED) is 0.895. The Labute approximate surface area is 117 Å². The maximum atomic E-state index is 10.3. The zero-order valence-corrected chi connectivity index (χ0v) is 12.5. The molecule has 19 heavy (non-hydrogen) atoms. The SMILES string of the molecule is CC1CCN(CC(O)c2ccc(C(C)C)cc2)CC1. The fourth-order valence-electron chi connectivity index (χ4n) is 2.70. The zero-order valence-electron chi connectivity index (χ0n) is 12.5. The van der Waals surface area contributed by atoms with Gasteiger partial charge in [-0.25, -0.2) is 0 Å². The van der Waals surface area contributed by atoms with Crippen LogP contribution in [0.2, 0.25) is 0 Å². The lowest BCUT2D eigenvalue weighted by molar-refractivity contribution is 0.0916. The number of likely N-dealkylation sites (tertiary alicyclic amines) is 1. The van der Waals surface area contributed by atoms with E-state index in [-0.39, 0.29) is 6.10 Å². The van der Waals surface area contributed by atoms with E-state index in [1.807, 2.05) is 0 Å². The van der Waals surface area contributed by atoms with E-state index < -0.39 is 0 Å². The van der Waals surface area contributed by atoms with Crippen LogP contribution in [0.3, 0.4) is 0 Å². The van der Waals surface area contributed by atoms with Gasteiger partial charge >= 0.3 is 0 Å². The van der Waals surface area contributed by atoms with Crippen LogP contribution in [0.4, 0.5) is 0 Å². The van der Waals surface area contributed by atoms with E-state index in [9.17, 15) is 5.11 Å². The smallest absolute Gasteiger partial charge is 0.0916 e. The first kappa shape index (κ1) is 14.5. The van der Waals surface area contributed by atoms with Crippen molar-refractivity contribution >= 4 is 0 Å². The molecule has 0 spiro atoms. The highest BCUT2D eigenvalue weighted by Crippen LogP contribution is 2.22. The van der Waals surface area contributed by atoms with Crippen molar-refractivity contribution in [1.82, 2.24) is 4.90 Å². The maximum Gasteiger partial charge on any atom is 0.0916 e. The highest BCUT2D eigenvalue weighted by atomic mass is 16.3. The van der Waals surface area contributed by atoms with Crippen LogP contribution < -0.4 is 0 Å². The topological polar surface area (TPSA) is 23.5 Å². The van der Waals surface area contributed by atoms with Crippen LogP contribution in [-0.2, 0) is 0 Å². The maximum absolute atomic E-state index is 10.3. The molecule has 2 rings (SSSR count). The second-order valence-electron chi connectivity index (χ2n) is 6.32. The number of β-amino-alcohol motifs (C(OH)–C–C–N with tert-alkyl or cyclic N) is 1. The highest BCUT2D eigenvalue weighted by Gasteiger charge is 2.19. The Kier molecular flexibility index (Phi) is 5.00. The summed E-state index contributed by atoms with van der Waals surface area (Å²) in [6, 6.07) is 8.43. The molecule has 0 aliphatic carbocycles. The van der Waals surface area contributed by atoms with Gasteiger partial charge in [0.25, 0.3) is 0 Å². The number of aliphatic hydroxyl groups is 1. The van der Waals surface area contributed by atoms with Gasteiger partial charge in [-0.3, -0.25) is 0 Å². The number of benzene rings is 1. The number of hydrogen-bond acceptors (Lipinski definition) is 2. The summed E-state index contributed by atoms with van der Waals surface area (Å²) in [5, 5.41) is 10.3. The van der Waals surface area contributed by atoms with E-state index in [1.165, 1.54) is 18.4 Å². The van der Waals surface area contributed by atoms with Gasteiger partial charge in [0.2, 0.25) is 0 Å². The van der Waals surface area contributed by atoms with Crippen molar-refractivity contribution in [2.75, 3.05) is 19.6 Å². The molecule has 1 N–H and O–H groups in total. The molecular formula is C17H27NO. The largest absolute Gasteiger partial charge is 0.387 e. The number of nitrogens with zero attached hydrogens (tertiary/aromatic N) is 1. The van der Waals surface area contributed by atoms with Crippen molar-refractivity contribution in [2.24, 2.45) is 5.92 Å². The first-order valence-corrected chi connectivity index (χ1v) is 7.56. The first-order valence-electron chi connectivity index (χ1n) is 7.56. The molecule has 1 saturated heterocycles. The van der Waals surface area contributed by atoms with Crippen molar-refractivity contribution in [3.05, 3.63) is 35.4 Å². The number of hydrogen-bond donors (Lipinski definition) is 1. The second kappa shape index (κ2) is 6.53. The molecule has 1 fully saturated rings. The molecule has 0 bridgehead atoms. The van der Waals surface area contributed by atoms with Gasteiger partial charge in [0, 0.05) is 6.54 Å². The van der Waals surface area contributed by atoms with E-state index in [4.69, 9.17) is 0 Å². The van der Waals surface area contributed by atoms with Crippen LogP contribution in [0.5, 0.6) is 0 Å². The van der Waals surface area contributed by atoms with Gasteiger partial charge in [-0.05, 0) is 48.9 Å². The summed E-state index contributed by atoms with van der Waals surface area (Å²) < 4.78 is 0. The monoisotopic (exact) mass is 261 g/mol. The van der Waals surface area contributed by atoms with E-state index in [2.05, 4.69) is 49.9 Å². The van der Waals surface area contributed by atoms with Crippen molar-refractivity contribution in [2.45, 2.75) is 45.6 Å². The van der Waals surface area contributed by atoms with Crippen molar-refractivity contribution < 1.29 is 5.11 Å². The molecule has 0 aromatic heterocycles. The molecule has 1 aromatic rings. The molecule has 1 atom stereocenters. The summed E-state index contributed by atoms with van der Waals surface area (Å²) in [5.41, 5.74) is 2.38. The van der Waals surface area contributed by atoms with E-state index in [0.29, 0.717) is 5.92 Å². The predicted octanol–water partition coefficient (Wildman–Crippen LogP) is 3.58. The summed E-state index contributed by atoms with van der Waals surface area (Å²) in [7, 11) is 0. The summed E-state index contributed by atoms with van der Waals surface area (Å²) in [6.45, 7) is 9.73. The summed E-state index contributed by atoms with van der Waals surface area (Å²) in [5.74, 6) is 1.40. The predicted molar refractivity (Wildman–Crippen MR) is 80.3 cm³/mol. The van der Waals surface area contributed by atoms with Gasteiger partial charge in [-0.15, -0.1) is 0 Å². The van der Waals surface area contributed by atoms with Gasteiger partial charge in [0.15, 0.2) is 0 Å². The van der Waals surface area contributed by atoms with Crippen LogP contribution in [0.15, 0.2) is 24.3 Å². The Bertz CT molecular complexity index is 377. The molecule has 1 aliphatic heterocycles. The Balaban J connectivity index is 1.90. The normalized spacial score (nSPS) is 19.8. The first-order chi connectivity index (χ1) is 9.06. The Morgan fingerprint density at radius 1 is 1.11 bits per heavy atom. The molecular weight excluding hydrogens is 234 g/mol. The lowest BCUT2D eigenvalue weighted by Crippen LogP contribution is -2.35. The average Bonchev–Trinajstić information content (AvgIpc) is 2.41. The van der Waals surface area contributed by atoms with Gasteiger partial charge in [-0.1, -0.05) is 45.0 Å². The molecule has 1 heterocycles. The summed E-state index contributed by atoms with van der Waals surface area (Å²) in [4.78, 5) is 2.39. The molecule has 1 unspecified atom stereocenters. The standard InChI is InChI=1S/C17H27NO/c1-13(2)15-4-6-16(7-5-15)17(19)12-18-10-8-14(3)9-11-18/h4-7,13-14,17,19H,8-12H2,1-3H3. The van der Waals surface area contributed by atoms with Crippen LogP contribution in [0.1, 0.15) is 56.8 Å². The van der Waals surface area contributed by atoms with Crippen LogP contribution in [0, 0.1) is 5.92 Å². The third-order valence-electron chi connectivity index (χ3n) is 4.30. The third kappa shape index (κ3) is 4.05. The second-order valence-corrected chi connectivity index (χ2v) is 6.32. The molecule has 106 valence electrons. The van der Waals surface area contributed by atoms with Gasteiger partial charge < -0.3 is 10.0 Å². The van der Waals surface area contributed by atoms with Crippen molar-refractivity contribution in [3.8, 4) is 0 Å². The number of rotatable bonds is 4. The Morgan fingerprint density at radius 2 is 1.63 bits per heavy atom. The third-order valence-corrected chi connectivity index (χ3v) is 4.30. The highest BCUT2D eigenvalue weighted by molar-refractivity contribution is 5.26. The Morgan fingerprint density at radius 3 is 2.16 bits per heavy atom. The molecule has 0 amide bonds. The lowest BCUT2D eigenvalue weighted by atomic mass is 9.97. The molecule has 1 aromatic carbocycles. The average molecular weight is 261 g/mol. The van der Waals surface area contributed by atoms with Crippen molar-refractivity contribution in [3.63, 3.8) is 0 Å². The minimum Gasteiger partial charge on any atom is -0.387 e. The number of piperidine rings is 1. The lowest BCUT2D eigenvalue weighted by Gasteiger charge is -2.31. The molecule has 1 aliphatic rings. The van der Waals surface area contributed by atoms with Gasteiger partial charge in [0.05, 0.1) is 6.10 Å². The van der Waals surface area contributed by atoms with Crippen LogP contribution in [0.25, 0.3) is 0 Å². The van der Waals surface area contributed by atoms with E-state index >= 15 is 0 Å². The fraction of sp³-hybridized carbons (Fsp3) is 0.647. The summed E-state index contributed by atoms with van der Waals surface area (Å²) in [6.07, 6.45) is 2.17. The van der Waals surface area contributed by atoms with Crippen molar-refractivity contribution in [1.29, 1.82) is 0 Å². The van der Waals surface area contributed by atoms with E-state index in [1.54, 1.807) is 0 Å². The van der Waals surface area contributed by atoms with E-state index in [0.717, 1.165) is 31.1 Å². The summed E-state index contributed by atoms with van der Waals surface area (Å²) >= 11 is 0. The fourth-order valence-corrected chi connectivity index (χ4v) is 2.70. The number of aliphatic hydroxyl groups excluding tert-OH is 1. The minimum atomic E-state index is -0.352. The molecule has 2 nitrogen and oxygen atoms in total. The zero-order chi connectivity index (χ0) is 13.8. The Hall–Kier alpha value is -0.860. The van der Waals surface area contributed by atoms with Crippen LogP contribution >= 0.6 is 0 Å². The van der Waals surface area contributed by atoms with Gasteiger partial charge in [-0.2, -0.15) is 0 Å². The van der Waals surface area contributed by atoms with Crippen LogP contribution in [-0.4, -0.2) is 29.6 Å². The molecule has 0 saturated carbocycles. The van der Waals surface area contributed by atoms with Gasteiger partial charge in [0.1, 0.15) is 0 Å². The molecule has 0 radical (unpaired) electrons.